The SMILES string of the molecule is Cc1cc(CN2CC(C3CC3)NCC2C)no1. The summed E-state index contributed by atoms with van der Waals surface area (Å²) >= 11 is 0. The maximum absolute atomic E-state index is 5.14. The predicted octanol–water partition coefficient (Wildman–Crippen LogP) is 1.56. The van der Waals surface area contributed by atoms with E-state index in [1.54, 1.807) is 0 Å². The Hall–Kier alpha value is -0.870. The first-order valence-corrected chi connectivity index (χ1v) is 6.62. The van der Waals surface area contributed by atoms with E-state index in [4.69, 9.17) is 4.52 Å². The lowest BCUT2D eigenvalue weighted by molar-refractivity contribution is 0.122. The Balaban J connectivity index is 1.63. The van der Waals surface area contributed by atoms with E-state index >= 15 is 0 Å². The van der Waals surface area contributed by atoms with Gasteiger partial charge in [-0.3, -0.25) is 4.90 Å². The maximum Gasteiger partial charge on any atom is 0.133 e. The zero-order valence-electron chi connectivity index (χ0n) is 10.6. The lowest BCUT2D eigenvalue weighted by atomic mass is 10.1. The van der Waals surface area contributed by atoms with Crippen molar-refractivity contribution in [1.82, 2.24) is 15.4 Å². The van der Waals surface area contributed by atoms with Gasteiger partial charge in [-0.2, -0.15) is 0 Å². The molecule has 17 heavy (non-hydrogen) atoms. The Kier molecular flexibility index (Phi) is 2.92. The monoisotopic (exact) mass is 235 g/mol. The highest BCUT2D eigenvalue weighted by Crippen LogP contribution is 2.34. The normalized spacial score (nSPS) is 30.7. The highest BCUT2D eigenvalue weighted by Gasteiger charge is 2.36. The van der Waals surface area contributed by atoms with Gasteiger partial charge in [0.05, 0.1) is 5.69 Å². The molecule has 2 unspecified atom stereocenters. The van der Waals surface area contributed by atoms with Gasteiger partial charge in [-0.1, -0.05) is 5.16 Å². The van der Waals surface area contributed by atoms with Crippen molar-refractivity contribution in [2.75, 3.05) is 13.1 Å². The van der Waals surface area contributed by atoms with Crippen LogP contribution in [0, 0.1) is 12.8 Å². The number of aromatic nitrogens is 1. The fourth-order valence-corrected chi connectivity index (χ4v) is 2.68. The van der Waals surface area contributed by atoms with Crippen molar-refractivity contribution in [3.63, 3.8) is 0 Å². The number of aryl methyl sites for hydroxylation is 1. The smallest absolute Gasteiger partial charge is 0.133 e. The first-order valence-electron chi connectivity index (χ1n) is 6.62. The molecule has 1 N–H and O–H groups in total. The molecule has 1 saturated heterocycles. The van der Waals surface area contributed by atoms with E-state index in [1.165, 1.54) is 12.8 Å². The van der Waals surface area contributed by atoms with Crippen LogP contribution in [0.25, 0.3) is 0 Å². The summed E-state index contributed by atoms with van der Waals surface area (Å²) in [6.07, 6.45) is 2.81. The second-order valence-corrected chi connectivity index (χ2v) is 5.56. The summed E-state index contributed by atoms with van der Waals surface area (Å²) in [6, 6.07) is 3.32. The van der Waals surface area contributed by atoms with E-state index in [0.717, 1.165) is 37.0 Å². The van der Waals surface area contributed by atoms with Crippen LogP contribution in [-0.2, 0) is 6.54 Å². The predicted molar refractivity (Wildman–Crippen MR) is 65.6 cm³/mol. The van der Waals surface area contributed by atoms with E-state index in [0.29, 0.717) is 12.1 Å². The molecule has 0 bridgehead atoms. The van der Waals surface area contributed by atoms with Crippen LogP contribution in [0.5, 0.6) is 0 Å². The molecule has 94 valence electrons. The Morgan fingerprint density at radius 1 is 1.53 bits per heavy atom. The average Bonchev–Trinajstić information content (AvgIpc) is 3.07. The van der Waals surface area contributed by atoms with Gasteiger partial charge in [0.1, 0.15) is 5.76 Å². The van der Waals surface area contributed by atoms with Gasteiger partial charge in [-0.05, 0) is 32.6 Å². The zero-order chi connectivity index (χ0) is 11.8. The third-order valence-corrected chi connectivity index (χ3v) is 3.96. The lowest BCUT2D eigenvalue weighted by Crippen LogP contribution is -2.55. The van der Waals surface area contributed by atoms with E-state index in [9.17, 15) is 0 Å². The van der Waals surface area contributed by atoms with Crippen LogP contribution < -0.4 is 5.32 Å². The van der Waals surface area contributed by atoms with Crippen molar-refractivity contribution in [2.24, 2.45) is 5.92 Å². The molecule has 1 aliphatic heterocycles. The molecular weight excluding hydrogens is 214 g/mol. The minimum absolute atomic E-state index is 0.585. The van der Waals surface area contributed by atoms with Gasteiger partial charge in [-0.15, -0.1) is 0 Å². The number of rotatable bonds is 3. The summed E-state index contributed by atoms with van der Waals surface area (Å²) in [5.74, 6) is 1.82. The van der Waals surface area contributed by atoms with Crippen LogP contribution in [0.3, 0.4) is 0 Å². The van der Waals surface area contributed by atoms with E-state index in [1.807, 2.05) is 13.0 Å². The van der Waals surface area contributed by atoms with Crippen molar-refractivity contribution in [3.05, 3.63) is 17.5 Å². The first-order chi connectivity index (χ1) is 8.22. The number of nitrogens with one attached hydrogen (secondary N) is 1. The lowest BCUT2D eigenvalue weighted by Gasteiger charge is -2.38. The summed E-state index contributed by atoms with van der Waals surface area (Å²) < 4.78 is 5.14. The minimum Gasteiger partial charge on any atom is -0.361 e. The van der Waals surface area contributed by atoms with Gasteiger partial charge < -0.3 is 9.84 Å². The van der Waals surface area contributed by atoms with Crippen LogP contribution in [0.15, 0.2) is 10.6 Å². The molecule has 0 spiro atoms. The number of hydrogen-bond donors (Lipinski definition) is 1. The molecule has 4 heteroatoms. The fourth-order valence-electron chi connectivity index (χ4n) is 2.68. The Labute approximate surface area is 102 Å². The van der Waals surface area contributed by atoms with E-state index < -0.39 is 0 Å². The average molecular weight is 235 g/mol. The molecule has 2 atom stereocenters. The molecule has 0 amide bonds. The number of nitrogens with zero attached hydrogens (tertiary/aromatic N) is 2. The van der Waals surface area contributed by atoms with E-state index in [2.05, 4.69) is 22.3 Å². The van der Waals surface area contributed by atoms with Gasteiger partial charge in [-0.25, -0.2) is 0 Å². The maximum atomic E-state index is 5.14. The largest absolute Gasteiger partial charge is 0.361 e. The fraction of sp³-hybridized carbons (Fsp3) is 0.769. The Morgan fingerprint density at radius 2 is 2.35 bits per heavy atom. The van der Waals surface area contributed by atoms with Crippen molar-refractivity contribution in [3.8, 4) is 0 Å². The molecule has 1 aliphatic carbocycles. The second-order valence-electron chi connectivity index (χ2n) is 5.56. The quantitative estimate of drug-likeness (QED) is 0.863. The standard InChI is InChI=1S/C13H21N3O/c1-9-6-14-13(11-3-4-11)8-16(9)7-12-5-10(2)17-15-12/h5,9,11,13-14H,3-4,6-8H2,1-2H3. The molecule has 2 heterocycles. The van der Waals surface area contributed by atoms with Crippen molar-refractivity contribution < 1.29 is 4.52 Å². The van der Waals surface area contributed by atoms with Gasteiger partial charge >= 0.3 is 0 Å². The van der Waals surface area contributed by atoms with Gasteiger partial charge in [0.15, 0.2) is 0 Å². The number of piperazine rings is 1. The minimum atomic E-state index is 0.585. The molecule has 0 radical (unpaired) electrons. The molecule has 0 aromatic carbocycles. The summed E-state index contributed by atoms with van der Waals surface area (Å²) in [7, 11) is 0. The number of hydrogen-bond acceptors (Lipinski definition) is 4. The molecule has 1 aromatic heterocycles. The summed E-state index contributed by atoms with van der Waals surface area (Å²) in [4.78, 5) is 2.52. The van der Waals surface area contributed by atoms with Crippen molar-refractivity contribution >= 4 is 0 Å². The van der Waals surface area contributed by atoms with Crippen LogP contribution in [0.1, 0.15) is 31.2 Å². The third kappa shape index (κ3) is 2.53. The molecule has 1 aromatic rings. The third-order valence-electron chi connectivity index (χ3n) is 3.96. The molecule has 3 rings (SSSR count). The molecule has 2 aliphatic rings. The summed E-state index contributed by atoms with van der Waals surface area (Å²) in [5, 5.41) is 7.76. The second kappa shape index (κ2) is 4.42. The van der Waals surface area contributed by atoms with Crippen molar-refractivity contribution in [2.45, 2.75) is 45.3 Å². The Bertz CT molecular complexity index is 386. The summed E-state index contributed by atoms with van der Waals surface area (Å²) in [6.45, 7) is 7.40. The highest BCUT2D eigenvalue weighted by molar-refractivity contribution is 5.04. The van der Waals surface area contributed by atoms with Gasteiger partial charge in [0.2, 0.25) is 0 Å². The first kappa shape index (κ1) is 11.2. The molecule has 1 saturated carbocycles. The molecule has 2 fully saturated rings. The van der Waals surface area contributed by atoms with Crippen LogP contribution in [0.2, 0.25) is 0 Å². The van der Waals surface area contributed by atoms with E-state index in [-0.39, 0.29) is 0 Å². The van der Waals surface area contributed by atoms with Crippen LogP contribution in [0.4, 0.5) is 0 Å². The van der Waals surface area contributed by atoms with Crippen LogP contribution >= 0.6 is 0 Å². The summed E-state index contributed by atoms with van der Waals surface area (Å²) in [5.41, 5.74) is 1.06. The van der Waals surface area contributed by atoms with Crippen molar-refractivity contribution in [1.29, 1.82) is 0 Å². The van der Waals surface area contributed by atoms with Gasteiger partial charge in [0.25, 0.3) is 0 Å². The highest BCUT2D eigenvalue weighted by atomic mass is 16.5. The van der Waals surface area contributed by atoms with Gasteiger partial charge in [0, 0.05) is 37.8 Å². The topological polar surface area (TPSA) is 41.3 Å². The zero-order valence-corrected chi connectivity index (χ0v) is 10.6. The molecule has 4 nitrogen and oxygen atoms in total. The molecular formula is C13H21N3O. The Morgan fingerprint density at radius 3 is 3.00 bits per heavy atom. The van der Waals surface area contributed by atoms with Crippen LogP contribution in [-0.4, -0.2) is 35.2 Å².